The summed E-state index contributed by atoms with van der Waals surface area (Å²) in [5.41, 5.74) is 0.145. The second-order valence-electron chi connectivity index (χ2n) is 7.06. The van der Waals surface area contributed by atoms with E-state index in [9.17, 15) is 8.42 Å². The lowest BCUT2D eigenvalue weighted by Gasteiger charge is -2.31. The van der Waals surface area contributed by atoms with Crippen molar-refractivity contribution in [3.8, 4) is 0 Å². The highest BCUT2D eigenvalue weighted by atomic mass is 32.2. The van der Waals surface area contributed by atoms with E-state index in [1.54, 1.807) is 0 Å². The third-order valence-corrected chi connectivity index (χ3v) is 5.35. The first-order valence-electron chi connectivity index (χ1n) is 7.49. The molecule has 0 fully saturated rings. The molecule has 0 rings (SSSR count). The average Bonchev–Trinajstić information content (AvgIpc) is 2.20. The first kappa shape index (κ1) is 18.9. The molecule has 0 aliphatic heterocycles. The second-order valence-corrected chi connectivity index (χ2v) is 9.36. The molecule has 4 heteroatoms. The van der Waals surface area contributed by atoms with Crippen LogP contribution < -0.4 is 5.32 Å². The van der Waals surface area contributed by atoms with Gasteiger partial charge >= 0.3 is 0 Å². The molecule has 0 saturated carbocycles. The summed E-state index contributed by atoms with van der Waals surface area (Å²) in [6.07, 6.45) is 1.48. The number of sulfone groups is 1. The largest absolute Gasteiger partial charge is 0.316 e. The van der Waals surface area contributed by atoms with Crippen LogP contribution in [0.25, 0.3) is 0 Å². The van der Waals surface area contributed by atoms with Gasteiger partial charge in [-0.2, -0.15) is 0 Å². The smallest absolute Gasteiger partial charge is 0.150 e. The summed E-state index contributed by atoms with van der Waals surface area (Å²) in [6.45, 7) is 14.8. The van der Waals surface area contributed by atoms with Crippen LogP contribution in [0.15, 0.2) is 0 Å². The van der Waals surface area contributed by atoms with Gasteiger partial charge in [-0.05, 0) is 43.2 Å². The SMILES string of the molecule is CCCS(=O)(=O)CCC(CNCC(C)C)C(C)(C)C. The van der Waals surface area contributed by atoms with E-state index in [4.69, 9.17) is 0 Å². The minimum Gasteiger partial charge on any atom is -0.316 e. The third-order valence-electron chi connectivity index (χ3n) is 3.46. The molecule has 0 spiro atoms. The molecule has 0 bridgehead atoms. The molecule has 0 aromatic heterocycles. The van der Waals surface area contributed by atoms with E-state index in [-0.39, 0.29) is 5.41 Å². The fourth-order valence-corrected chi connectivity index (χ4v) is 3.59. The van der Waals surface area contributed by atoms with Gasteiger partial charge < -0.3 is 5.32 Å². The van der Waals surface area contributed by atoms with Crippen molar-refractivity contribution in [3.63, 3.8) is 0 Å². The van der Waals surface area contributed by atoms with Gasteiger partial charge in [0.15, 0.2) is 0 Å². The molecule has 1 N–H and O–H groups in total. The number of rotatable bonds is 9. The summed E-state index contributed by atoms with van der Waals surface area (Å²) in [4.78, 5) is 0. The number of nitrogens with one attached hydrogen (secondary N) is 1. The van der Waals surface area contributed by atoms with Crippen molar-refractivity contribution in [1.82, 2.24) is 5.32 Å². The molecule has 0 aliphatic carbocycles. The summed E-state index contributed by atoms with van der Waals surface area (Å²) in [6, 6.07) is 0. The quantitative estimate of drug-likeness (QED) is 0.710. The van der Waals surface area contributed by atoms with E-state index >= 15 is 0 Å². The summed E-state index contributed by atoms with van der Waals surface area (Å²) in [7, 11) is -2.86. The van der Waals surface area contributed by atoms with Crippen molar-refractivity contribution in [3.05, 3.63) is 0 Å². The second kappa shape index (κ2) is 8.25. The van der Waals surface area contributed by atoms with Crippen molar-refractivity contribution in [1.29, 1.82) is 0 Å². The van der Waals surface area contributed by atoms with E-state index in [1.165, 1.54) is 0 Å². The van der Waals surface area contributed by atoms with Crippen LogP contribution in [0.3, 0.4) is 0 Å². The third kappa shape index (κ3) is 9.44. The highest BCUT2D eigenvalue weighted by Crippen LogP contribution is 2.28. The van der Waals surface area contributed by atoms with Gasteiger partial charge in [0.05, 0.1) is 5.75 Å². The fraction of sp³-hybridized carbons (Fsp3) is 1.00. The predicted molar refractivity (Wildman–Crippen MR) is 84.2 cm³/mol. The molecular formula is C15H33NO2S. The molecule has 0 aromatic carbocycles. The minimum atomic E-state index is -2.86. The molecule has 0 amide bonds. The molecule has 0 aromatic rings. The molecule has 116 valence electrons. The van der Waals surface area contributed by atoms with Crippen LogP contribution in [0.5, 0.6) is 0 Å². The Morgan fingerprint density at radius 3 is 2.05 bits per heavy atom. The van der Waals surface area contributed by atoms with E-state index in [2.05, 4.69) is 39.9 Å². The lowest BCUT2D eigenvalue weighted by molar-refractivity contribution is 0.224. The molecule has 0 radical (unpaired) electrons. The van der Waals surface area contributed by atoms with E-state index in [0.717, 1.165) is 19.5 Å². The zero-order valence-corrected chi connectivity index (χ0v) is 14.4. The topological polar surface area (TPSA) is 46.2 Å². The fourth-order valence-electron chi connectivity index (χ4n) is 2.12. The Bertz CT molecular complexity index is 329. The summed E-state index contributed by atoms with van der Waals surface area (Å²) < 4.78 is 23.6. The summed E-state index contributed by atoms with van der Waals surface area (Å²) in [5, 5.41) is 3.46. The van der Waals surface area contributed by atoms with Crippen molar-refractivity contribution in [2.24, 2.45) is 17.3 Å². The molecule has 1 atom stereocenters. The van der Waals surface area contributed by atoms with Gasteiger partial charge in [-0.15, -0.1) is 0 Å². The maximum atomic E-state index is 11.8. The van der Waals surface area contributed by atoms with Crippen LogP contribution in [0.4, 0.5) is 0 Å². The molecule has 3 nitrogen and oxygen atoms in total. The van der Waals surface area contributed by atoms with Gasteiger partial charge in [0.25, 0.3) is 0 Å². The van der Waals surface area contributed by atoms with Gasteiger partial charge in [-0.25, -0.2) is 8.42 Å². The van der Waals surface area contributed by atoms with Crippen LogP contribution >= 0.6 is 0 Å². The Morgan fingerprint density at radius 1 is 1.05 bits per heavy atom. The van der Waals surface area contributed by atoms with Gasteiger partial charge in [-0.1, -0.05) is 41.5 Å². The van der Waals surface area contributed by atoms with Crippen LogP contribution in [0, 0.1) is 17.3 Å². The Hall–Kier alpha value is -0.0900. The van der Waals surface area contributed by atoms with Crippen LogP contribution in [-0.4, -0.2) is 33.0 Å². The monoisotopic (exact) mass is 291 g/mol. The van der Waals surface area contributed by atoms with Crippen LogP contribution in [0.1, 0.15) is 54.4 Å². The first-order valence-corrected chi connectivity index (χ1v) is 9.31. The summed E-state index contributed by atoms with van der Waals surface area (Å²) in [5.74, 6) is 1.68. The van der Waals surface area contributed by atoms with Crippen molar-refractivity contribution in [2.45, 2.75) is 54.4 Å². The van der Waals surface area contributed by atoms with Gasteiger partial charge in [0.1, 0.15) is 9.84 Å². The first-order chi connectivity index (χ1) is 8.58. The Kier molecular flexibility index (Phi) is 8.21. The van der Waals surface area contributed by atoms with Crippen LogP contribution in [-0.2, 0) is 9.84 Å². The minimum absolute atomic E-state index is 0.145. The standard InChI is InChI=1S/C15H33NO2S/c1-7-9-19(17,18)10-8-14(15(4,5)6)12-16-11-13(2)3/h13-14,16H,7-12H2,1-6H3. The normalized spacial score (nSPS) is 14.9. The zero-order chi connectivity index (χ0) is 15.1. The molecule has 19 heavy (non-hydrogen) atoms. The van der Waals surface area contributed by atoms with Crippen LogP contribution in [0.2, 0.25) is 0 Å². The molecular weight excluding hydrogens is 258 g/mol. The van der Waals surface area contributed by atoms with E-state index < -0.39 is 9.84 Å². The molecule has 0 saturated heterocycles. The Morgan fingerprint density at radius 2 is 1.63 bits per heavy atom. The Labute approximate surface area is 120 Å². The summed E-state index contributed by atoms with van der Waals surface area (Å²) >= 11 is 0. The molecule has 1 unspecified atom stereocenters. The Balaban J connectivity index is 4.38. The van der Waals surface area contributed by atoms with E-state index in [1.807, 2.05) is 6.92 Å². The number of hydrogen-bond donors (Lipinski definition) is 1. The number of hydrogen-bond acceptors (Lipinski definition) is 3. The lowest BCUT2D eigenvalue weighted by Crippen LogP contribution is -2.35. The van der Waals surface area contributed by atoms with Crippen molar-refractivity contribution >= 4 is 9.84 Å². The highest BCUT2D eigenvalue weighted by molar-refractivity contribution is 7.91. The maximum Gasteiger partial charge on any atom is 0.150 e. The van der Waals surface area contributed by atoms with Crippen molar-refractivity contribution < 1.29 is 8.42 Å². The van der Waals surface area contributed by atoms with Crippen molar-refractivity contribution in [2.75, 3.05) is 24.6 Å². The van der Waals surface area contributed by atoms with Gasteiger partial charge in [0.2, 0.25) is 0 Å². The molecule has 0 heterocycles. The van der Waals surface area contributed by atoms with Gasteiger partial charge in [-0.3, -0.25) is 0 Å². The zero-order valence-electron chi connectivity index (χ0n) is 13.6. The van der Waals surface area contributed by atoms with Gasteiger partial charge in [0, 0.05) is 5.75 Å². The predicted octanol–water partition coefficient (Wildman–Crippen LogP) is 3.11. The lowest BCUT2D eigenvalue weighted by atomic mass is 9.79. The van der Waals surface area contributed by atoms with E-state index in [0.29, 0.717) is 29.8 Å². The highest BCUT2D eigenvalue weighted by Gasteiger charge is 2.25. The molecule has 0 aliphatic rings. The average molecular weight is 292 g/mol. The maximum absolute atomic E-state index is 11.8.